The van der Waals surface area contributed by atoms with Crippen LogP contribution in [0.4, 0.5) is 0 Å². The second-order valence-corrected chi connectivity index (χ2v) is 6.33. The summed E-state index contributed by atoms with van der Waals surface area (Å²) in [5.41, 5.74) is 4.98. The first kappa shape index (κ1) is 14.8. The summed E-state index contributed by atoms with van der Waals surface area (Å²) >= 11 is 0. The molecule has 0 aliphatic heterocycles. The van der Waals surface area contributed by atoms with Crippen LogP contribution in [0.3, 0.4) is 0 Å². The van der Waals surface area contributed by atoms with Gasteiger partial charge in [-0.2, -0.15) is 9.61 Å². The van der Waals surface area contributed by atoms with Gasteiger partial charge in [-0.3, -0.25) is 0 Å². The van der Waals surface area contributed by atoms with Crippen LogP contribution in [0.2, 0.25) is 0 Å². The molecule has 0 spiro atoms. The van der Waals surface area contributed by atoms with Crippen molar-refractivity contribution in [3.8, 4) is 22.6 Å². The fourth-order valence-electron chi connectivity index (χ4n) is 3.38. The molecule has 0 bridgehead atoms. The van der Waals surface area contributed by atoms with E-state index in [-0.39, 0.29) is 0 Å². The van der Waals surface area contributed by atoms with Gasteiger partial charge in [-0.15, -0.1) is 10.2 Å². The van der Waals surface area contributed by atoms with Crippen molar-refractivity contribution in [3.63, 3.8) is 0 Å². The first-order valence-corrected chi connectivity index (χ1v) is 8.58. The van der Waals surface area contributed by atoms with Gasteiger partial charge in [0.25, 0.3) is 0 Å². The average molecular weight is 336 g/mol. The number of hydrogen-bond acceptors (Lipinski definition) is 3. The second kappa shape index (κ2) is 5.77. The minimum Gasteiger partial charge on any atom is -0.192 e. The van der Waals surface area contributed by atoms with E-state index in [1.54, 1.807) is 0 Å². The molecular weight excluding hydrogens is 320 g/mol. The molecule has 0 N–H and O–H groups in total. The van der Waals surface area contributed by atoms with Crippen LogP contribution in [0.15, 0.2) is 78.9 Å². The summed E-state index contributed by atoms with van der Waals surface area (Å²) in [6, 6.07) is 26.7. The van der Waals surface area contributed by atoms with E-state index >= 15 is 0 Å². The zero-order chi connectivity index (χ0) is 17.5. The van der Waals surface area contributed by atoms with Crippen molar-refractivity contribution in [2.45, 2.75) is 6.92 Å². The highest BCUT2D eigenvalue weighted by molar-refractivity contribution is 6.01. The maximum Gasteiger partial charge on any atom is 0.186 e. The molecule has 0 atom stereocenters. The SMILES string of the molecule is Cc1ccccc1-c1nnc2c3ccccc3c(-c3ccccc3)nn12. The molecule has 5 rings (SSSR count). The monoisotopic (exact) mass is 336 g/mol. The van der Waals surface area contributed by atoms with Gasteiger partial charge in [0.15, 0.2) is 11.5 Å². The zero-order valence-corrected chi connectivity index (χ0v) is 14.3. The first-order chi connectivity index (χ1) is 12.8. The molecule has 0 aliphatic rings. The molecule has 2 aromatic heterocycles. The Labute approximate surface area is 150 Å². The lowest BCUT2D eigenvalue weighted by atomic mass is 10.0. The van der Waals surface area contributed by atoms with Gasteiger partial charge >= 0.3 is 0 Å². The van der Waals surface area contributed by atoms with E-state index in [0.29, 0.717) is 0 Å². The Bertz CT molecular complexity index is 1240. The minimum absolute atomic E-state index is 0.765. The Kier molecular flexibility index (Phi) is 3.28. The molecule has 26 heavy (non-hydrogen) atoms. The number of fused-ring (bicyclic) bond motifs is 3. The van der Waals surface area contributed by atoms with Crippen LogP contribution in [0.5, 0.6) is 0 Å². The number of benzene rings is 3. The van der Waals surface area contributed by atoms with Crippen LogP contribution in [0, 0.1) is 6.92 Å². The van der Waals surface area contributed by atoms with E-state index in [9.17, 15) is 0 Å². The predicted molar refractivity (Wildman–Crippen MR) is 104 cm³/mol. The van der Waals surface area contributed by atoms with Gasteiger partial charge in [0.05, 0.1) is 5.69 Å². The fourth-order valence-corrected chi connectivity index (χ4v) is 3.38. The molecule has 0 saturated heterocycles. The van der Waals surface area contributed by atoms with Gasteiger partial charge in [0.2, 0.25) is 0 Å². The van der Waals surface area contributed by atoms with Crippen molar-refractivity contribution in [3.05, 3.63) is 84.4 Å². The van der Waals surface area contributed by atoms with Crippen LogP contribution >= 0.6 is 0 Å². The lowest BCUT2D eigenvalue weighted by molar-refractivity contribution is 0.950. The summed E-state index contributed by atoms with van der Waals surface area (Å²) in [5.74, 6) is 0.765. The standard InChI is InChI=1S/C22H16N4/c1-15-9-5-6-12-17(15)21-23-24-22-19-14-8-7-13-18(19)20(25-26(21)22)16-10-3-2-4-11-16/h2-14H,1H3. The maximum absolute atomic E-state index is 4.94. The lowest BCUT2D eigenvalue weighted by Gasteiger charge is -2.09. The van der Waals surface area contributed by atoms with Crippen molar-refractivity contribution >= 4 is 16.4 Å². The highest BCUT2D eigenvalue weighted by Crippen LogP contribution is 2.31. The number of aromatic nitrogens is 4. The molecule has 0 fully saturated rings. The van der Waals surface area contributed by atoms with Crippen LogP contribution < -0.4 is 0 Å². The van der Waals surface area contributed by atoms with E-state index in [0.717, 1.165) is 44.6 Å². The molecule has 0 radical (unpaired) electrons. The molecule has 2 heterocycles. The first-order valence-electron chi connectivity index (χ1n) is 8.58. The Balaban J connectivity index is 1.90. The summed E-state index contributed by atoms with van der Waals surface area (Å²) in [6.45, 7) is 2.08. The highest BCUT2D eigenvalue weighted by atomic mass is 15.4. The third-order valence-corrected chi connectivity index (χ3v) is 4.70. The number of nitrogens with zero attached hydrogens (tertiary/aromatic N) is 4. The quantitative estimate of drug-likeness (QED) is 0.459. The van der Waals surface area contributed by atoms with E-state index in [1.807, 2.05) is 47.0 Å². The van der Waals surface area contributed by atoms with Gasteiger partial charge in [-0.1, -0.05) is 78.9 Å². The molecule has 0 amide bonds. The maximum atomic E-state index is 4.94. The molecule has 4 nitrogen and oxygen atoms in total. The molecule has 0 unspecified atom stereocenters. The second-order valence-electron chi connectivity index (χ2n) is 6.33. The predicted octanol–water partition coefficient (Wildman–Crippen LogP) is 4.92. The molecule has 3 aromatic carbocycles. The summed E-state index contributed by atoms with van der Waals surface area (Å²) in [5, 5.41) is 16.0. The lowest BCUT2D eigenvalue weighted by Crippen LogP contribution is -2.00. The van der Waals surface area contributed by atoms with E-state index < -0.39 is 0 Å². The number of aryl methyl sites for hydroxylation is 1. The van der Waals surface area contributed by atoms with Crippen LogP contribution in [-0.2, 0) is 0 Å². The summed E-state index contributed by atoms with van der Waals surface area (Å²) < 4.78 is 1.87. The Morgan fingerprint density at radius 1 is 0.692 bits per heavy atom. The summed E-state index contributed by atoms with van der Waals surface area (Å²) in [4.78, 5) is 0. The topological polar surface area (TPSA) is 43.1 Å². The molecule has 0 aliphatic carbocycles. The largest absolute Gasteiger partial charge is 0.192 e. The Hall–Kier alpha value is -3.53. The van der Waals surface area contributed by atoms with Crippen molar-refractivity contribution < 1.29 is 0 Å². The Morgan fingerprint density at radius 2 is 1.38 bits per heavy atom. The van der Waals surface area contributed by atoms with Crippen LogP contribution in [0.1, 0.15) is 5.56 Å². The molecule has 4 heteroatoms. The fraction of sp³-hybridized carbons (Fsp3) is 0.0455. The summed E-state index contributed by atoms with van der Waals surface area (Å²) in [6.07, 6.45) is 0. The van der Waals surface area contributed by atoms with Crippen LogP contribution in [0.25, 0.3) is 39.1 Å². The minimum atomic E-state index is 0.765. The van der Waals surface area contributed by atoms with Gasteiger partial charge in [-0.25, -0.2) is 0 Å². The van der Waals surface area contributed by atoms with E-state index in [2.05, 4.69) is 53.5 Å². The normalized spacial score (nSPS) is 11.3. The average Bonchev–Trinajstić information content (AvgIpc) is 3.12. The Morgan fingerprint density at radius 3 is 2.19 bits per heavy atom. The number of rotatable bonds is 2. The molecule has 0 saturated carbocycles. The van der Waals surface area contributed by atoms with Gasteiger partial charge in [0, 0.05) is 21.9 Å². The van der Waals surface area contributed by atoms with Gasteiger partial charge in [-0.05, 0) is 12.5 Å². The van der Waals surface area contributed by atoms with E-state index in [1.165, 1.54) is 0 Å². The van der Waals surface area contributed by atoms with Crippen molar-refractivity contribution in [2.75, 3.05) is 0 Å². The molecule has 124 valence electrons. The zero-order valence-electron chi connectivity index (χ0n) is 14.3. The third kappa shape index (κ3) is 2.19. The number of hydrogen-bond donors (Lipinski definition) is 0. The molecule has 5 aromatic rings. The van der Waals surface area contributed by atoms with E-state index in [4.69, 9.17) is 5.10 Å². The van der Waals surface area contributed by atoms with Gasteiger partial charge < -0.3 is 0 Å². The molecular formula is C22H16N4. The smallest absolute Gasteiger partial charge is 0.186 e. The van der Waals surface area contributed by atoms with Crippen molar-refractivity contribution in [1.82, 2.24) is 19.8 Å². The van der Waals surface area contributed by atoms with Crippen molar-refractivity contribution in [1.29, 1.82) is 0 Å². The highest BCUT2D eigenvalue weighted by Gasteiger charge is 2.16. The van der Waals surface area contributed by atoms with Crippen LogP contribution in [-0.4, -0.2) is 19.8 Å². The summed E-state index contributed by atoms with van der Waals surface area (Å²) in [7, 11) is 0. The van der Waals surface area contributed by atoms with Gasteiger partial charge in [0.1, 0.15) is 0 Å². The third-order valence-electron chi connectivity index (χ3n) is 4.70. The van der Waals surface area contributed by atoms with Crippen molar-refractivity contribution in [2.24, 2.45) is 0 Å².